The smallest absolute Gasteiger partial charge is 0.407 e. The van der Waals surface area contributed by atoms with E-state index in [2.05, 4.69) is 24.5 Å². The lowest BCUT2D eigenvalue weighted by molar-refractivity contribution is 0.141. The number of alkyl carbamates (subject to hydrolysis) is 2. The first kappa shape index (κ1) is 24.5. The summed E-state index contributed by atoms with van der Waals surface area (Å²) < 4.78 is 10.2. The second kappa shape index (κ2) is 19.9. The van der Waals surface area contributed by atoms with Gasteiger partial charge in [0.25, 0.3) is 0 Å². The van der Waals surface area contributed by atoms with E-state index in [0.717, 1.165) is 38.5 Å². The van der Waals surface area contributed by atoms with Crippen molar-refractivity contribution in [2.75, 3.05) is 26.3 Å². The Hall–Kier alpha value is -1.46. The third-order valence-corrected chi connectivity index (χ3v) is 4.10. The Labute approximate surface area is 159 Å². The molecule has 0 aromatic carbocycles. The number of unbranched alkanes of at least 4 members (excludes halogenated alkanes) is 9. The van der Waals surface area contributed by atoms with Crippen molar-refractivity contribution in [3.63, 3.8) is 0 Å². The minimum absolute atomic E-state index is 0.351. The van der Waals surface area contributed by atoms with Crippen molar-refractivity contribution >= 4 is 12.2 Å². The number of amides is 2. The molecule has 0 atom stereocenters. The summed E-state index contributed by atoms with van der Waals surface area (Å²) in [7, 11) is 0. The molecule has 26 heavy (non-hydrogen) atoms. The summed E-state index contributed by atoms with van der Waals surface area (Å²) in [4.78, 5) is 22.9. The molecule has 0 saturated carbocycles. The van der Waals surface area contributed by atoms with Crippen LogP contribution in [0.3, 0.4) is 0 Å². The zero-order valence-electron chi connectivity index (χ0n) is 16.9. The van der Waals surface area contributed by atoms with Gasteiger partial charge in [-0.2, -0.15) is 0 Å². The minimum atomic E-state index is -0.351. The van der Waals surface area contributed by atoms with Crippen LogP contribution in [0.1, 0.15) is 90.9 Å². The molecule has 0 rings (SSSR count). The van der Waals surface area contributed by atoms with E-state index in [9.17, 15) is 9.59 Å². The van der Waals surface area contributed by atoms with Crippen LogP contribution in [-0.4, -0.2) is 38.5 Å². The fourth-order valence-corrected chi connectivity index (χ4v) is 2.47. The van der Waals surface area contributed by atoms with Gasteiger partial charge in [0, 0.05) is 13.1 Å². The lowest BCUT2D eigenvalue weighted by atomic mass is 10.2. The molecule has 0 spiro atoms. The molecule has 2 amide bonds. The molecule has 6 nitrogen and oxygen atoms in total. The zero-order chi connectivity index (χ0) is 19.3. The van der Waals surface area contributed by atoms with Gasteiger partial charge >= 0.3 is 12.2 Å². The highest BCUT2D eigenvalue weighted by Crippen LogP contribution is 2.03. The van der Waals surface area contributed by atoms with E-state index in [-0.39, 0.29) is 12.2 Å². The Kier molecular flexibility index (Phi) is 18.7. The molecule has 0 unspecified atom stereocenters. The Morgan fingerprint density at radius 3 is 1.35 bits per heavy atom. The number of hydrogen-bond acceptors (Lipinski definition) is 4. The monoisotopic (exact) mass is 372 g/mol. The number of rotatable bonds is 17. The highest BCUT2D eigenvalue weighted by Gasteiger charge is 2.02. The number of nitrogens with one attached hydrogen (secondary N) is 2. The predicted octanol–water partition coefficient (Wildman–Crippen LogP) is 5.16. The molecule has 0 radical (unpaired) electrons. The van der Waals surface area contributed by atoms with Gasteiger partial charge in [-0.15, -0.1) is 0 Å². The van der Waals surface area contributed by atoms with Crippen LogP contribution in [0.2, 0.25) is 0 Å². The van der Waals surface area contributed by atoms with E-state index in [1.807, 2.05) is 0 Å². The van der Waals surface area contributed by atoms with Crippen molar-refractivity contribution < 1.29 is 19.1 Å². The molecule has 6 heteroatoms. The molecule has 154 valence electrons. The average Bonchev–Trinajstić information content (AvgIpc) is 2.63. The van der Waals surface area contributed by atoms with Gasteiger partial charge in [-0.3, -0.25) is 0 Å². The second-order valence-corrected chi connectivity index (χ2v) is 6.66. The van der Waals surface area contributed by atoms with Gasteiger partial charge in [0.1, 0.15) is 0 Å². The third kappa shape index (κ3) is 18.9. The maximum Gasteiger partial charge on any atom is 0.407 e. The van der Waals surface area contributed by atoms with Crippen LogP contribution in [-0.2, 0) is 9.47 Å². The summed E-state index contributed by atoms with van der Waals surface area (Å²) in [5.74, 6) is 0. The van der Waals surface area contributed by atoms with E-state index in [4.69, 9.17) is 9.47 Å². The van der Waals surface area contributed by atoms with Crippen molar-refractivity contribution in [3.8, 4) is 0 Å². The molecular formula is C20H40N2O4. The molecule has 0 bridgehead atoms. The SMILES string of the molecule is CCCCCCCOC(=O)NCCCCNC(=O)OCCCCCCC. The highest BCUT2D eigenvalue weighted by molar-refractivity contribution is 5.67. The van der Waals surface area contributed by atoms with Crippen molar-refractivity contribution in [1.29, 1.82) is 0 Å². The number of carbonyl (C=O) groups is 2. The number of carbonyl (C=O) groups excluding carboxylic acids is 2. The molecule has 0 heterocycles. The Morgan fingerprint density at radius 1 is 0.577 bits per heavy atom. The van der Waals surface area contributed by atoms with Crippen molar-refractivity contribution in [1.82, 2.24) is 10.6 Å². The van der Waals surface area contributed by atoms with Crippen LogP contribution in [0, 0.1) is 0 Å². The van der Waals surface area contributed by atoms with Crippen molar-refractivity contribution in [2.45, 2.75) is 90.9 Å². The molecule has 2 N–H and O–H groups in total. The summed E-state index contributed by atoms with van der Waals surface area (Å²) in [5.41, 5.74) is 0. The fraction of sp³-hybridized carbons (Fsp3) is 0.900. The van der Waals surface area contributed by atoms with Crippen LogP contribution in [0.25, 0.3) is 0 Å². The quantitative estimate of drug-likeness (QED) is 0.346. The number of hydrogen-bond donors (Lipinski definition) is 2. The lowest BCUT2D eigenvalue weighted by Crippen LogP contribution is -2.28. The topological polar surface area (TPSA) is 76.7 Å². The largest absolute Gasteiger partial charge is 0.450 e. The van der Waals surface area contributed by atoms with Gasteiger partial charge in [0.05, 0.1) is 13.2 Å². The van der Waals surface area contributed by atoms with Crippen LogP contribution in [0.5, 0.6) is 0 Å². The van der Waals surface area contributed by atoms with Gasteiger partial charge in [-0.1, -0.05) is 65.2 Å². The van der Waals surface area contributed by atoms with Crippen LogP contribution in [0.4, 0.5) is 9.59 Å². The molecule has 0 aliphatic rings. The van der Waals surface area contributed by atoms with Crippen molar-refractivity contribution in [3.05, 3.63) is 0 Å². The molecule has 0 aromatic heterocycles. The van der Waals surface area contributed by atoms with E-state index < -0.39 is 0 Å². The van der Waals surface area contributed by atoms with Gasteiger partial charge in [-0.25, -0.2) is 9.59 Å². The summed E-state index contributed by atoms with van der Waals surface area (Å²) in [6, 6.07) is 0. The Morgan fingerprint density at radius 2 is 0.962 bits per heavy atom. The van der Waals surface area contributed by atoms with Gasteiger partial charge < -0.3 is 20.1 Å². The van der Waals surface area contributed by atoms with E-state index in [0.29, 0.717) is 26.3 Å². The minimum Gasteiger partial charge on any atom is -0.450 e. The van der Waals surface area contributed by atoms with Crippen LogP contribution in [0.15, 0.2) is 0 Å². The zero-order valence-corrected chi connectivity index (χ0v) is 16.9. The highest BCUT2D eigenvalue weighted by atomic mass is 16.6. The summed E-state index contributed by atoms with van der Waals surface area (Å²) in [6.45, 7) is 6.45. The standard InChI is InChI=1S/C20H40N2O4/c1-3-5-7-9-13-17-25-19(23)21-15-11-12-16-22-20(24)26-18-14-10-8-6-4-2/h3-18H2,1-2H3,(H,21,23)(H,22,24). The first-order valence-corrected chi connectivity index (χ1v) is 10.5. The Bertz CT molecular complexity index is 306. The van der Waals surface area contributed by atoms with E-state index in [1.165, 1.54) is 38.5 Å². The molecule has 0 aromatic rings. The first-order chi connectivity index (χ1) is 12.7. The van der Waals surface area contributed by atoms with E-state index in [1.54, 1.807) is 0 Å². The van der Waals surface area contributed by atoms with Gasteiger partial charge in [-0.05, 0) is 25.7 Å². The molecule has 0 aliphatic carbocycles. The molecular weight excluding hydrogens is 332 g/mol. The lowest BCUT2D eigenvalue weighted by Gasteiger charge is -2.08. The van der Waals surface area contributed by atoms with Crippen LogP contribution < -0.4 is 10.6 Å². The summed E-state index contributed by atoms with van der Waals surface area (Å²) in [6.07, 6.45) is 12.3. The van der Waals surface area contributed by atoms with Gasteiger partial charge in [0.2, 0.25) is 0 Å². The fourth-order valence-electron chi connectivity index (χ4n) is 2.47. The van der Waals surface area contributed by atoms with E-state index >= 15 is 0 Å². The van der Waals surface area contributed by atoms with Crippen molar-refractivity contribution in [2.24, 2.45) is 0 Å². The molecule has 0 fully saturated rings. The maximum absolute atomic E-state index is 11.5. The Balaban J connectivity index is 3.28. The van der Waals surface area contributed by atoms with Crippen LogP contribution >= 0.6 is 0 Å². The first-order valence-electron chi connectivity index (χ1n) is 10.5. The third-order valence-electron chi connectivity index (χ3n) is 4.10. The van der Waals surface area contributed by atoms with Gasteiger partial charge in [0.15, 0.2) is 0 Å². The summed E-state index contributed by atoms with van der Waals surface area (Å²) >= 11 is 0. The maximum atomic E-state index is 11.5. The average molecular weight is 373 g/mol. The molecule has 0 aliphatic heterocycles. The predicted molar refractivity (Wildman–Crippen MR) is 105 cm³/mol. The normalized spacial score (nSPS) is 10.4. The number of ether oxygens (including phenoxy) is 2. The molecule has 0 saturated heterocycles. The summed E-state index contributed by atoms with van der Waals surface area (Å²) in [5, 5.41) is 5.45. The second-order valence-electron chi connectivity index (χ2n) is 6.66.